The number of hydrogen-bond acceptors (Lipinski definition) is 4. The molecule has 0 aliphatic carbocycles. The van der Waals surface area contributed by atoms with Gasteiger partial charge in [0, 0.05) is 10.1 Å². The second kappa shape index (κ2) is 7.23. The van der Waals surface area contributed by atoms with Crippen molar-refractivity contribution in [1.82, 2.24) is 4.98 Å². The quantitative estimate of drug-likeness (QED) is 0.519. The number of nitrogens with two attached hydrogens (primary N) is 1. The van der Waals surface area contributed by atoms with Crippen LogP contribution in [0.3, 0.4) is 0 Å². The molecule has 4 aromatic rings. The van der Waals surface area contributed by atoms with Gasteiger partial charge >= 0.3 is 0 Å². The lowest BCUT2D eigenvalue weighted by Gasteiger charge is -1.99. The Morgan fingerprint density at radius 1 is 1.00 bits per heavy atom. The molecule has 4 rings (SSSR count). The normalized spacial score (nSPS) is 10.3. The monoisotopic (exact) mass is 347 g/mol. The lowest BCUT2D eigenvalue weighted by Crippen LogP contribution is -2.07. The van der Waals surface area contributed by atoms with E-state index in [2.05, 4.69) is 4.98 Å². The van der Waals surface area contributed by atoms with Crippen LogP contribution < -0.4 is 5.73 Å². The second-order valence-electron chi connectivity index (χ2n) is 5.53. The van der Waals surface area contributed by atoms with Gasteiger partial charge in [0.15, 0.2) is 0 Å². The van der Waals surface area contributed by atoms with E-state index in [1.807, 2.05) is 66.7 Å². The highest BCUT2D eigenvalue weighted by molar-refractivity contribution is 7.20. The van der Waals surface area contributed by atoms with Gasteiger partial charge in [-0.15, -0.1) is 11.3 Å². The van der Waals surface area contributed by atoms with E-state index in [0.29, 0.717) is 10.6 Å². The molecule has 0 atom stereocenters. The summed E-state index contributed by atoms with van der Waals surface area (Å²) in [5.74, 6) is -0.351. The van der Waals surface area contributed by atoms with E-state index in [4.69, 9.17) is 11.1 Å². The number of amides is 1. The van der Waals surface area contributed by atoms with Crippen molar-refractivity contribution in [3.05, 3.63) is 77.3 Å². The van der Waals surface area contributed by atoms with Gasteiger partial charge in [-0.2, -0.15) is 0 Å². The number of para-hydroxylation sites is 1. The number of nitrogens with one attached hydrogen (secondary N) is 1. The SMILES string of the molecule is CC(=N)c1ccc2ccccc2n1.NC(=O)c1cc2ccccc2s1. The fraction of sp³-hybridized carbons (Fsp3) is 0.0500. The molecule has 0 unspecified atom stereocenters. The predicted molar refractivity (Wildman–Crippen MR) is 105 cm³/mol. The van der Waals surface area contributed by atoms with Gasteiger partial charge in [0.1, 0.15) is 0 Å². The first-order valence-corrected chi connectivity index (χ1v) is 8.56. The van der Waals surface area contributed by atoms with Gasteiger partial charge in [0.2, 0.25) is 0 Å². The standard InChI is InChI=1S/C11H10N2.C9H7NOS/c1-8(12)10-7-6-9-4-2-3-5-11(9)13-10;10-9(11)8-5-6-3-1-2-4-7(6)12-8/h2-7,12H,1H3;1-5H,(H2,10,11). The number of primary amides is 1. The molecule has 1 amide bonds. The van der Waals surface area contributed by atoms with Crippen LogP contribution in [0.25, 0.3) is 21.0 Å². The number of rotatable bonds is 2. The summed E-state index contributed by atoms with van der Waals surface area (Å²) in [4.78, 5) is 15.8. The van der Waals surface area contributed by atoms with Crippen LogP contribution in [0.2, 0.25) is 0 Å². The van der Waals surface area contributed by atoms with Crippen LogP contribution in [0.4, 0.5) is 0 Å². The zero-order valence-corrected chi connectivity index (χ0v) is 14.5. The highest BCUT2D eigenvalue weighted by Gasteiger charge is 2.04. The van der Waals surface area contributed by atoms with Crippen molar-refractivity contribution in [3.63, 3.8) is 0 Å². The Labute approximate surface area is 149 Å². The van der Waals surface area contributed by atoms with Gasteiger partial charge in [-0.25, -0.2) is 4.98 Å². The molecule has 0 aliphatic rings. The third-order valence-electron chi connectivity index (χ3n) is 3.65. The van der Waals surface area contributed by atoms with Gasteiger partial charge in [-0.05, 0) is 36.6 Å². The largest absolute Gasteiger partial charge is 0.365 e. The summed E-state index contributed by atoms with van der Waals surface area (Å²) in [6.07, 6.45) is 0. The van der Waals surface area contributed by atoms with Gasteiger partial charge < -0.3 is 11.1 Å². The van der Waals surface area contributed by atoms with Crippen LogP contribution in [-0.2, 0) is 0 Å². The first-order valence-electron chi connectivity index (χ1n) is 7.74. The van der Waals surface area contributed by atoms with Gasteiger partial charge in [-0.1, -0.05) is 42.5 Å². The van der Waals surface area contributed by atoms with Crippen molar-refractivity contribution in [2.75, 3.05) is 0 Å². The van der Waals surface area contributed by atoms with E-state index in [0.717, 1.165) is 26.7 Å². The summed E-state index contributed by atoms with van der Waals surface area (Å²) in [5, 5.41) is 9.65. The van der Waals surface area contributed by atoms with E-state index >= 15 is 0 Å². The minimum Gasteiger partial charge on any atom is -0.365 e. The average Bonchev–Trinajstić information content (AvgIpc) is 3.06. The highest BCUT2D eigenvalue weighted by Crippen LogP contribution is 2.24. The fourth-order valence-electron chi connectivity index (χ4n) is 2.38. The van der Waals surface area contributed by atoms with Crippen LogP contribution in [0.15, 0.2) is 66.7 Å². The number of aromatic nitrogens is 1. The molecular weight excluding hydrogens is 330 g/mol. The second-order valence-corrected chi connectivity index (χ2v) is 6.61. The minimum atomic E-state index is -0.351. The Balaban J connectivity index is 0.000000146. The molecule has 0 fully saturated rings. The topological polar surface area (TPSA) is 79.8 Å². The molecule has 0 aliphatic heterocycles. The van der Waals surface area contributed by atoms with E-state index in [9.17, 15) is 4.79 Å². The molecule has 0 bridgehead atoms. The Morgan fingerprint density at radius 3 is 2.36 bits per heavy atom. The summed E-state index contributed by atoms with van der Waals surface area (Å²) >= 11 is 1.43. The molecule has 25 heavy (non-hydrogen) atoms. The van der Waals surface area contributed by atoms with Crippen LogP contribution in [-0.4, -0.2) is 16.6 Å². The maximum absolute atomic E-state index is 10.8. The van der Waals surface area contributed by atoms with Crippen molar-refractivity contribution in [2.45, 2.75) is 6.92 Å². The molecule has 5 heteroatoms. The maximum atomic E-state index is 10.8. The van der Waals surface area contributed by atoms with Gasteiger partial charge in [-0.3, -0.25) is 4.79 Å². The van der Waals surface area contributed by atoms with Crippen molar-refractivity contribution in [1.29, 1.82) is 5.41 Å². The lowest BCUT2D eigenvalue weighted by molar-refractivity contribution is 0.100. The summed E-state index contributed by atoms with van der Waals surface area (Å²) in [6.45, 7) is 1.75. The molecule has 0 radical (unpaired) electrons. The number of hydrogen-bond donors (Lipinski definition) is 2. The van der Waals surface area contributed by atoms with Gasteiger partial charge in [0.25, 0.3) is 5.91 Å². The maximum Gasteiger partial charge on any atom is 0.258 e. The molecule has 0 saturated heterocycles. The number of carbonyl (C=O) groups excluding carboxylic acids is 1. The molecule has 0 saturated carbocycles. The Kier molecular flexibility index (Phi) is 4.86. The highest BCUT2D eigenvalue weighted by atomic mass is 32.1. The zero-order valence-electron chi connectivity index (χ0n) is 13.7. The summed E-state index contributed by atoms with van der Waals surface area (Å²) in [5.41, 5.74) is 7.35. The minimum absolute atomic E-state index is 0.351. The van der Waals surface area contributed by atoms with Crippen LogP contribution in [0.5, 0.6) is 0 Å². The molecule has 2 aromatic carbocycles. The lowest BCUT2D eigenvalue weighted by atomic mass is 10.2. The average molecular weight is 347 g/mol. The smallest absolute Gasteiger partial charge is 0.258 e. The van der Waals surface area contributed by atoms with Gasteiger partial charge in [0.05, 0.1) is 21.8 Å². The molecule has 0 spiro atoms. The molecule has 4 nitrogen and oxygen atoms in total. The summed E-state index contributed by atoms with van der Waals surface area (Å²) in [7, 11) is 0. The van der Waals surface area contributed by atoms with Crippen molar-refractivity contribution < 1.29 is 4.79 Å². The number of pyridine rings is 1. The number of thiophene rings is 1. The van der Waals surface area contributed by atoms with Crippen LogP contribution in [0, 0.1) is 5.41 Å². The summed E-state index contributed by atoms with van der Waals surface area (Å²) < 4.78 is 1.10. The number of carbonyl (C=O) groups is 1. The first-order chi connectivity index (χ1) is 12.0. The van der Waals surface area contributed by atoms with E-state index in [-0.39, 0.29) is 5.91 Å². The first kappa shape index (κ1) is 16.8. The third-order valence-corrected chi connectivity index (χ3v) is 4.78. The molecule has 2 heterocycles. The molecule has 2 aromatic heterocycles. The van der Waals surface area contributed by atoms with Crippen molar-refractivity contribution >= 4 is 43.9 Å². The number of nitrogens with zero attached hydrogens (tertiary/aromatic N) is 1. The van der Waals surface area contributed by atoms with Crippen molar-refractivity contribution in [3.8, 4) is 0 Å². The number of benzene rings is 2. The van der Waals surface area contributed by atoms with E-state index in [1.54, 1.807) is 6.92 Å². The van der Waals surface area contributed by atoms with Crippen LogP contribution in [0.1, 0.15) is 22.3 Å². The molecular formula is C20H17N3OS. The Morgan fingerprint density at radius 2 is 1.68 bits per heavy atom. The van der Waals surface area contributed by atoms with Crippen LogP contribution >= 0.6 is 11.3 Å². The fourth-order valence-corrected chi connectivity index (χ4v) is 3.29. The Bertz CT molecular complexity index is 1040. The molecule has 124 valence electrons. The molecule has 3 N–H and O–H groups in total. The number of fused-ring (bicyclic) bond motifs is 2. The van der Waals surface area contributed by atoms with Crippen molar-refractivity contribution in [2.24, 2.45) is 5.73 Å². The predicted octanol–water partition coefficient (Wildman–Crippen LogP) is 4.62. The van der Waals surface area contributed by atoms with E-state index in [1.165, 1.54) is 11.3 Å². The summed E-state index contributed by atoms with van der Waals surface area (Å²) in [6, 6.07) is 21.5. The zero-order chi connectivity index (χ0) is 17.8. The Hall–Kier alpha value is -3.05. The van der Waals surface area contributed by atoms with E-state index < -0.39 is 0 Å². The third kappa shape index (κ3) is 3.89.